The average Bonchev–Trinajstić information content (AvgIpc) is 2.54. The Hall–Kier alpha value is -2.14. The molecule has 0 fully saturated rings. The molecule has 2 rings (SSSR count). The van der Waals surface area contributed by atoms with Crippen molar-refractivity contribution in [3.8, 4) is 17.0 Å². The molecule has 1 N–H and O–H groups in total. The number of aromatic nitrogens is 2. The van der Waals surface area contributed by atoms with Crippen molar-refractivity contribution in [3.63, 3.8) is 0 Å². The minimum Gasteiger partial charge on any atom is -0.497 e. The van der Waals surface area contributed by atoms with Gasteiger partial charge < -0.3 is 9.84 Å². The molecule has 0 amide bonds. The molecule has 0 aliphatic carbocycles. The van der Waals surface area contributed by atoms with Crippen LogP contribution in [-0.2, 0) is 13.2 Å². The van der Waals surface area contributed by atoms with Crippen LogP contribution in [0.1, 0.15) is 25.3 Å². The molecule has 0 spiro atoms. The fourth-order valence-electron chi connectivity index (χ4n) is 2.07. The highest BCUT2D eigenvalue weighted by Crippen LogP contribution is 2.20. The molecule has 2 aromatic rings. The van der Waals surface area contributed by atoms with E-state index in [-0.39, 0.29) is 12.2 Å². The first kappa shape index (κ1) is 15.3. The lowest BCUT2D eigenvalue weighted by atomic mass is 10.1. The first-order valence-electron chi connectivity index (χ1n) is 7.06. The largest absolute Gasteiger partial charge is 0.497 e. The van der Waals surface area contributed by atoms with Gasteiger partial charge in [-0.1, -0.05) is 13.3 Å². The Morgan fingerprint density at radius 1 is 1.29 bits per heavy atom. The van der Waals surface area contributed by atoms with Crippen molar-refractivity contribution in [3.05, 3.63) is 46.2 Å². The fraction of sp³-hybridized carbons (Fsp3) is 0.375. The second kappa shape index (κ2) is 7.04. The van der Waals surface area contributed by atoms with E-state index in [1.807, 2.05) is 24.3 Å². The molecule has 0 atom stereocenters. The number of methoxy groups -OCH3 is 1. The van der Waals surface area contributed by atoms with Gasteiger partial charge in [0.2, 0.25) is 0 Å². The fourth-order valence-corrected chi connectivity index (χ4v) is 2.07. The summed E-state index contributed by atoms with van der Waals surface area (Å²) in [7, 11) is 1.61. The van der Waals surface area contributed by atoms with Crippen LogP contribution >= 0.6 is 0 Å². The summed E-state index contributed by atoms with van der Waals surface area (Å²) in [5, 5.41) is 13.8. The Balaban J connectivity index is 2.44. The number of aliphatic hydroxyl groups is 1. The van der Waals surface area contributed by atoms with E-state index in [0.717, 1.165) is 24.2 Å². The molecule has 5 nitrogen and oxygen atoms in total. The number of benzene rings is 1. The molecule has 21 heavy (non-hydrogen) atoms. The second-order valence-electron chi connectivity index (χ2n) is 4.82. The maximum atomic E-state index is 12.1. The van der Waals surface area contributed by atoms with E-state index >= 15 is 0 Å². The number of ether oxygens (including phenoxy) is 1. The number of hydrogen-bond acceptors (Lipinski definition) is 4. The van der Waals surface area contributed by atoms with E-state index in [4.69, 9.17) is 4.74 Å². The van der Waals surface area contributed by atoms with Crippen LogP contribution in [0.5, 0.6) is 5.75 Å². The smallest absolute Gasteiger partial charge is 0.272 e. The quantitative estimate of drug-likeness (QED) is 0.885. The summed E-state index contributed by atoms with van der Waals surface area (Å²) in [6.45, 7) is 2.34. The van der Waals surface area contributed by atoms with E-state index in [1.165, 1.54) is 4.68 Å². The zero-order valence-electron chi connectivity index (χ0n) is 12.4. The van der Waals surface area contributed by atoms with E-state index in [2.05, 4.69) is 12.0 Å². The number of unbranched alkanes of at least 4 members (excludes halogenated alkanes) is 1. The third-order valence-corrected chi connectivity index (χ3v) is 3.33. The van der Waals surface area contributed by atoms with Crippen molar-refractivity contribution in [1.82, 2.24) is 9.78 Å². The van der Waals surface area contributed by atoms with Gasteiger partial charge in [-0.25, -0.2) is 4.68 Å². The highest BCUT2D eigenvalue weighted by molar-refractivity contribution is 5.60. The van der Waals surface area contributed by atoms with Crippen LogP contribution in [0.3, 0.4) is 0 Å². The monoisotopic (exact) mass is 288 g/mol. The van der Waals surface area contributed by atoms with Gasteiger partial charge in [-0.3, -0.25) is 4.79 Å². The molecule has 0 saturated heterocycles. The molecular formula is C16H20N2O3. The number of aryl methyl sites for hydroxylation is 1. The van der Waals surface area contributed by atoms with Crippen LogP contribution in [0.4, 0.5) is 0 Å². The van der Waals surface area contributed by atoms with Gasteiger partial charge in [0.25, 0.3) is 5.56 Å². The summed E-state index contributed by atoms with van der Waals surface area (Å²) >= 11 is 0. The number of rotatable bonds is 6. The molecule has 1 aromatic heterocycles. The summed E-state index contributed by atoms with van der Waals surface area (Å²) < 4.78 is 6.57. The van der Waals surface area contributed by atoms with E-state index < -0.39 is 0 Å². The van der Waals surface area contributed by atoms with Crippen LogP contribution in [0.2, 0.25) is 0 Å². The summed E-state index contributed by atoms with van der Waals surface area (Å²) in [6.07, 6.45) is 1.86. The molecule has 5 heteroatoms. The van der Waals surface area contributed by atoms with Gasteiger partial charge >= 0.3 is 0 Å². The van der Waals surface area contributed by atoms with E-state index in [9.17, 15) is 9.90 Å². The van der Waals surface area contributed by atoms with E-state index in [1.54, 1.807) is 13.2 Å². The van der Waals surface area contributed by atoms with Crippen molar-refractivity contribution in [1.29, 1.82) is 0 Å². The number of aliphatic hydroxyl groups excluding tert-OH is 1. The molecule has 0 aliphatic heterocycles. The first-order valence-corrected chi connectivity index (χ1v) is 7.06. The SMILES string of the molecule is CCCCn1nc(-c2ccc(OC)cc2)cc(CO)c1=O. The highest BCUT2D eigenvalue weighted by Gasteiger charge is 2.09. The van der Waals surface area contributed by atoms with Crippen LogP contribution in [0, 0.1) is 0 Å². The third kappa shape index (κ3) is 3.49. The van der Waals surface area contributed by atoms with Gasteiger partial charge in [-0.05, 0) is 36.8 Å². The number of nitrogens with zero attached hydrogens (tertiary/aromatic N) is 2. The Labute approximate surface area is 123 Å². The van der Waals surface area contributed by atoms with Crippen molar-refractivity contribution < 1.29 is 9.84 Å². The highest BCUT2D eigenvalue weighted by atomic mass is 16.5. The van der Waals surface area contributed by atoms with Crippen LogP contribution in [0.15, 0.2) is 35.1 Å². The number of hydrogen-bond donors (Lipinski definition) is 1. The van der Waals surface area contributed by atoms with Crippen molar-refractivity contribution in [2.75, 3.05) is 7.11 Å². The molecule has 0 saturated carbocycles. The maximum absolute atomic E-state index is 12.1. The zero-order chi connectivity index (χ0) is 15.2. The molecule has 1 aromatic carbocycles. The minimum absolute atomic E-state index is 0.219. The molecule has 1 heterocycles. The predicted molar refractivity (Wildman–Crippen MR) is 81.3 cm³/mol. The molecule has 0 unspecified atom stereocenters. The van der Waals surface area contributed by atoms with Gasteiger partial charge in [0.15, 0.2) is 0 Å². The standard InChI is InChI=1S/C16H20N2O3/c1-3-4-9-18-16(20)13(11-19)10-15(17-18)12-5-7-14(21-2)8-6-12/h5-8,10,19H,3-4,9,11H2,1-2H3. The average molecular weight is 288 g/mol. The Bertz CT molecular complexity index is 648. The van der Waals surface area contributed by atoms with Crippen molar-refractivity contribution in [2.24, 2.45) is 0 Å². The van der Waals surface area contributed by atoms with Gasteiger partial charge in [0.05, 0.1) is 19.4 Å². The zero-order valence-corrected chi connectivity index (χ0v) is 12.4. The Kier molecular flexibility index (Phi) is 5.11. The van der Waals surface area contributed by atoms with Gasteiger partial charge in [-0.15, -0.1) is 0 Å². The third-order valence-electron chi connectivity index (χ3n) is 3.33. The summed E-state index contributed by atoms with van der Waals surface area (Å²) in [4.78, 5) is 12.1. The van der Waals surface area contributed by atoms with Crippen LogP contribution in [-0.4, -0.2) is 22.0 Å². The Morgan fingerprint density at radius 2 is 2.00 bits per heavy atom. The lowest BCUT2D eigenvalue weighted by Crippen LogP contribution is -2.26. The Morgan fingerprint density at radius 3 is 2.57 bits per heavy atom. The lowest BCUT2D eigenvalue weighted by Gasteiger charge is -2.10. The second-order valence-corrected chi connectivity index (χ2v) is 4.82. The molecule has 0 bridgehead atoms. The normalized spacial score (nSPS) is 10.6. The lowest BCUT2D eigenvalue weighted by molar-refractivity contribution is 0.278. The van der Waals surface area contributed by atoms with Crippen LogP contribution < -0.4 is 10.3 Å². The molecule has 0 aliphatic rings. The predicted octanol–water partition coefficient (Wildman–Crippen LogP) is 2.21. The summed E-state index contributed by atoms with van der Waals surface area (Å²) in [6, 6.07) is 9.11. The topological polar surface area (TPSA) is 64.3 Å². The van der Waals surface area contributed by atoms with E-state index in [0.29, 0.717) is 17.8 Å². The van der Waals surface area contributed by atoms with Gasteiger partial charge in [0.1, 0.15) is 5.75 Å². The van der Waals surface area contributed by atoms with Gasteiger partial charge in [-0.2, -0.15) is 5.10 Å². The first-order chi connectivity index (χ1) is 10.2. The summed E-state index contributed by atoms with van der Waals surface area (Å²) in [5.74, 6) is 0.764. The molecule has 112 valence electrons. The molecular weight excluding hydrogens is 268 g/mol. The minimum atomic E-state index is -0.281. The van der Waals surface area contributed by atoms with Crippen LogP contribution in [0.25, 0.3) is 11.3 Å². The van der Waals surface area contributed by atoms with Crippen molar-refractivity contribution >= 4 is 0 Å². The summed E-state index contributed by atoms with van der Waals surface area (Å²) in [5.41, 5.74) is 1.71. The van der Waals surface area contributed by atoms with Crippen molar-refractivity contribution in [2.45, 2.75) is 32.9 Å². The maximum Gasteiger partial charge on any atom is 0.272 e. The van der Waals surface area contributed by atoms with Gasteiger partial charge in [0, 0.05) is 17.7 Å². The molecule has 0 radical (unpaired) electrons.